The number of ether oxygens (including phenoxy) is 1. The zero-order valence-electron chi connectivity index (χ0n) is 16.5. The number of halogens is 1. The Balaban J connectivity index is 1.28. The highest BCUT2D eigenvalue weighted by Gasteiger charge is 2.49. The second kappa shape index (κ2) is 6.40. The highest BCUT2D eigenvalue weighted by atomic mass is 19.1. The van der Waals surface area contributed by atoms with Gasteiger partial charge in [-0.15, -0.1) is 0 Å². The third kappa shape index (κ3) is 2.72. The summed E-state index contributed by atoms with van der Waals surface area (Å²) in [4.78, 5) is 26.0. The Morgan fingerprint density at radius 3 is 2.60 bits per heavy atom. The summed E-state index contributed by atoms with van der Waals surface area (Å²) in [6.07, 6.45) is 5.15. The Hall–Kier alpha value is -3.20. The van der Waals surface area contributed by atoms with Gasteiger partial charge in [0.1, 0.15) is 5.82 Å². The molecular formula is C21H20FN7O. The van der Waals surface area contributed by atoms with E-state index in [9.17, 15) is 4.39 Å². The summed E-state index contributed by atoms with van der Waals surface area (Å²) < 4.78 is 19.7. The molecule has 0 saturated carbocycles. The van der Waals surface area contributed by atoms with E-state index in [-0.39, 0.29) is 11.5 Å². The predicted octanol–water partition coefficient (Wildman–Crippen LogP) is 2.39. The maximum absolute atomic E-state index is 14.4. The maximum Gasteiger partial charge on any atom is 0.216 e. The summed E-state index contributed by atoms with van der Waals surface area (Å²) in [5.41, 5.74) is 3.03. The Kier molecular flexibility index (Phi) is 3.76. The fourth-order valence-electron chi connectivity index (χ4n) is 4.49. The summed E-state index contributed by atoms with van der Waals surface area (Å²) in [5, 5.41) is 0. The molecule has 3 aromatic rings. The summed E-state index contributed by atoms with van der Waals surface area (Å²) >= 11 is 0. The van der Waals surface area contributed by atoms with Crippen LogP contribution in [0, 0.1) is 11.4 Å². The molecule has 0 N–H and O–H groups in total. The van der Waals surface area contributed by atoms with Crippen molar-refractivity contribution in [2.45, 2.75) is 19.5 Å². The van der Waals surface area contributed by atoms with E-state index in [2.05, 4.69) is 41.6 Å². The minimum Gasteiger partial charge on any atom is -0.380 e. The van der Waals surface area contributed by atoms with Crippen molar-refractivity contribution < 1.29 is 9.13 Å². The first kappa shape index (κ1) is 17.6. The van der Waals surface area contributed by atoms with E-state index < -0.39 is 5.95 Å². The molecule has 3 aromatic heterocycles. The summed E-state index contributed by atoms with van der Waals surface area (Å²) in [7, 11) is 0. The maximum atomic E-state index is 14.4. The van der Waals surface area contributed by atoms with Gasteiger partial charge in [-0.05, 0) is 13.0 Å². The van der Waals surface area contributed by atoms with Crippen LogP contribution in [-0.2, 0) is 11.3 Å². The molecule has 1 unspecified atom stereocenters. The predicted molar refractivity (Wildman–Crippen MR) is 107 cm³/mol. The third-order valence-electron chi connectivity index (χ3n) is 6.20. The number of hydrogen-bond acceptors (Lipinski definition) is 8. The van der Waals surface area contributed by atoms with Crippen LogP contribution >= 0.6 is 0 Å². The van der Waals surface area contributed by atoms with Crippen LogP contribution in [0.25, 0.3) is 11.6 Å². The molecule has 6 heterocycles. The van der Waals surface area contributed by atoms with Crippen molar-refractivity contribution in [3.8, 4) is 11.6 Å². The van der Waals surface area contributed by atoms with E-state index >= 15 is 0 Å². The first-order valence-electron chi connectivity index (χ1n) is 10.0. The highest BCUT2D eigenvalue weighted by molar-refractivity contribution is 5.60. The van der Waals surface area contributed by atoms with Crippen LogP contribution in [-0.4, -0.2) is 51.2 Å². The van der Waals surface area contributed by atoms with E-state index in [0.717, 1.165) is 43.2 Å². The Morgan fingerprint density at radius 1 is 1.07 bits per heavy atom. The van der Waals surface area contributed by atoms with Gasteiger partial charge >= 0.3 is 0 Å². The van der Waals surface area contributed by atoms with Gasteiger partial charge in [-0.1, -0.05) is 0 Å². The van der Waals surface area contributed by atoms with Crippen molar-refractivity contribution in [2.75, 3.05) is 36.1 Å². The average Bonchev–Trinajstić information content (AvgIpc) is 3.02. The number of anilines is 2. The molecule has 1 atom stereocenters. The minimum absolute atomic E-state index is 0.00402. The SMILES string of the molecule is CC1c2cnc(-c3ncccn3)nc2CN1c1cc(N2CC3(COC3)C2)cc(F)n1. The number of fused-ring (bicyclic) bond motifs is 1. The molecule has 8 nitrogen and oxygen atoms in total. The van der Waals surface area contributed by atoms with Crippen molar-refractivity contribution in [1.29, 1.82) is 0 Å². The number of pyridine rings is 1. The number of nitrogens with zero attached hydrogens (tertiary/aromatic N) is 7. The third-order valence-corrected chi connectivity index (χ3v) is 6.20. The fraction of sp³-hybridized carbons (Fsp3) is 0.381. The topological polar surface area (TPSA) is 80.2 Å². The van der Waals surface area contributed by atoms with Crippen LogP contribution in [0.4, 0.5) is 15.9 Å². The molecule has 2 saturated heterocycles. The Labute approximate surface area is 172 Å². The van der Waals surface area contributed by atoms with Crippen LogP contribution in [0.2, 0.25) is 0 Å². The van der Waals surface area contributed by atoms with Crippen LogP contribution in [0.1, 0.15) is 24.2 Å². The van der Waals surface area contributed by atoms with Gasteiger partial charge in [0.2, 0.25) is 5.95 Å². The molecule has 0 aliphatic carbocycles. The van der Waals surface area contributed by atoms with Gasteiger partial charge in [0.25, 0.3) is 0 Å². The minimum atomic E-state index is -0.471. The van der Waals surface area contributed by atoms with Crippen molar-refractivity contribution in [3.05, 3.63) is 54.0 Å². The van der Waals surface area contributed by atoms with Gasteiger partial charge in [0, 0.05) is 55.1 Å². The largest absolute Gasteiger partial charge is 0.380 e. The monoisotopic (exact) mass is 405 g/mol. The first-order chi connectivity index (χ1) is 14.6. The zero-order chi connectivity index (χ0) is 20.3. The van der Waals surface area contributed by atoms with Gasteiger partial charge in [-0.3, -0.25) is 0 Å². The van der Waals surface area contributed by atoms with Gasteiger partial charge < -0.3 is 14.5 Å². The molecule has 0 amide bonds. The van der Waals surface area contributed by atoms with Crippen molar-refractivity contribution in [1.82, 2.24) is 24.9 Å². The molecule has 9 heteroatoms. The summed E-state index contributed by atoms with van der Waals surface area (Å²) in [5.74, 6) is 1.12. The molecule has 6 rings (SSSR count). The van der Waals surface area contributed by atoms with Crippen molar-refractivity contribution in [2.24, 2.45) is 5.41 Å². The quantitative estimate of drug-likeness (QED) is 0.615. The van der Waals surface area contributed by atoms with E-state index in [1.54, 1.807) is 18.5 Å². The Bertz CT molecular complexity index is 1110. The van der Waals surface area contributed by atoms with E-state index in [1.807, 2.05) is 12.3 Å². The second-order valence-corrected chi connectivity index (χ2v) is 8.33. The molecule has 0 bridgehead atoms. The first-order valence-corrected chi connectivity index (χ1v) is 10.0. The lowest BCUT2D eigenvalue weighted by Gasteiger charge is -2.56. The lowest BCUT2D eigenvalue weighted by molar-refractivity contribution is -0.127. The molecule has 1 spiro atoms. The van der Waals surface area contributed by atoms with Crippen molar-refractivity contribution >= 4 is 11.5 Å². The molecule has 3 aliphatic heterocycles. The van der Waals surface area contributed by atoms with Gasteiger partial charge in [0.05, 0.1) is 36.9 Å². The van der Waals surface area contributed by atoms with Gasteiger partial charge in [-0.25, -0.2) is 24.9 Å². The van der Waals surface area contributed by atoms with Crippen molar-refractivity contribution in [3.63, 3.8) is 0 Å². The molecule has 152 valence electrons. The lowest BCUT2D eigenvalue weighted by atomic mass is 9.78. The van der Waals surface area contributed by atoms with Crippen LogP contribution in [0.5, 0.6) is 0 Å². The van der Waals surface area contributed by atoms with Gasteiger partial charge in [0.15, 0.2) is 11.6 Å². The van der Waals surface area contributed by atoms with Crippen LogP contribution < -0.4 is 9.80 Å². The van der Waals surface area contributed by atoms with Crippen LogP contribution in [0.3, 0.4) is 0 Å². The normalized spacial score (nSPS) is 21.3. The average molecular weight is 405 g/mol. The van der Waals surface area contributed by atoms with E-state index in [0.29, 0.717) is 24.0 Å². The smallest absolute Gasteiger partial charge is 0.216 e. The van der Waals surface area contributed by atoms with E-state index in [4.69, 9.17) is 4.74 Å². The fourth-order valence-corrected chi connectivity index (χ4v) is 4.49. The molecule has 0 radical (unpaired) electrons. The number of rotatable bonds is 3. The molecular weight excluding hydrogens is 385 g/mol. The standard InChI is InChI=1S/C21H20FN7O/c1-13-15-7-25-20(19-23-3-2-4-24-19)26-16(15)8-29(13)18-6-14(5-17(22)27-18)28-9-21(10-28)11-30-12-21/h2-7,13H,8-12H2,1H3. The zero-order valence-corrected chi connectivity index (χ0v) is 16.5. The second-order valence-electron chi connectivity index (χ2n) is 8.33. The molecule has 3 aliphatic rings. The van der Waals surface area contributed by atoms with Gasteiger partial charge in [-0.2, -0.15) is 4.39 Å². The lowest BCUT2D eigenvalue weighted by Crippen LogP contribution is -2.66. The number of hydrogen-bond donors (Lipinski definition) is 0. The van der Waals surface area contributed by atoms with E-state index in [1.165, 1.54) is 6.07 Å². The molecule has 0 aromatic carbocycles. The molecule has 30 heavy (non-hydrogen) atoms. The van der Waals surface area contributed by atoms with Crippen LogP contribution in [0.15, 0.2) is 36.8 Å². The highest BCUT2D eigenvalue weighted by Crippen LogP contribution is 2.42. The molecule has 2 fully saturated rings. The summed E-state index contributed by atoms with van der Waals surface area (Å²) in [6, 6.07) is 5.22. The number of aromatic nitrogens is 5. The summed E-state index contributed by atoms with van der Waals surface area (Å²) in [6.45, 7) is 6.00. The Morgan fingerprint density at radius 2 is 1.87 bits per heavy atom.